The van der Waals surface area contributed by atoms with E-state index < -0.39 is 5.41 Å². The maximum Gasteiger partial charge on any atom is 0.324 e. The summed E-state index contributed by atoms with van der Waals surface area (Å²) < 4.78 is 5.03. The van der Waals surface area contributed by atoms with Crippen LogP contribution in [0.2, 0.25) is 0 Å². The molecule has 0 heterocycles. The van der Waals surface area contributed by atoms with Crippen molar-refractivity contribution in [3.05, 3.63) is 71.8 Å². The van der Waals surface area contributed by atoms with E-state index in [0.29, 0.717) is 0 Å². The highest BCUT2D eigenvalue weighted by Crippen LogP contribution is 2.33. The first-order valence-corrected chi connectivity index (χ1v) is 7.95. The molecular formula is C20H24O2. The minimum Gasteiger partial charge on any atom is -0.468 e. The lowest BCUT2D eigenvalue weighted by molar-refractivity contribution is -0.143. The van der Waals surface area contributed by atoms with Gasteiger partial charge in [-0.1, -0.05) is 80.5 Å². The lowest BCUT2D eigenvalue weighted by atomic mass is 9.77. The Morgan fingerprint density at radius 2 is 1.82 bits per heavy atom. The Kier molecular flexibility index (Phi) is 5.76. The predicted molar refractivity (Wildman–Crippen MR) is 90.6 cm³/mol. The molecule has 0 unspecified atom stereocenters. The molecular weight excluding hydrogens is 272 g/mol. The molecule has 1 aromatic rings. The molecule has 0 spiro atoms. The molecule has 0 amide bonds. The minimum atomic E-state index is -0.809. The summed E-state index contributed by atoms with van der Waals surface area (Å²) in [6.07, 6.45) is 14.9. The fraction of sp³-hybridized carbons (Fsp3) is 0.350. The van der Waals surface area contributed by atoms with Crippen LogP contribution in [-0.2, 0) is 14.9 Å². The van der Waals surface area contributed by atoms with Crippen molar-refractivity contribution in [3.8, 4) is 0 Å². The van der Waals surface area contributed by atoms with Crippen LogP contribution in [0.1, 0.15) is 38.2 Å². The number of unbranched alkanes of at least 4 members (excludes halogenated alkanes) is 3. The molecule has 0 aliphatic heterocycles. The van der Waals surface area contributed by atoms with Crippen molar-refractivity contribution in [1.29, 1.82) is 0 Å². The van der Waals surface area contributed by atoms with E-state index in [0.717, 1.165) is 17.6 Å². The SMILES string of the molecule is CCCCCC=C1C=CC(C(=O)OC)(c2ccccc2)C=C1. The van der Waals surface area contributed by atoms with Crippen molar-refractivity contribution in [2.75, 3.05) is 7.11 Å². The molecule has 0 atom stereocenters. The molecule has 0 N–H and O–H groups in total. The highest BCUT2D eigenvalue weighted by Gasteiger charge is 2.37. The zero-order valence-electron chi connectivity index (χ0n) is 13.4. The lowest BCUT2D eigenvalue weighted by Crippen LogP contribution is -2.34. The first-order valence-electron chi connectivity index (χ1n) is 7.95. The normalized spacial score (nSPS) is 20.0. The van der Waals surface area contributed by atoms with Gasteiger partial charge in [0.05, 0.1) is 7.11 Å². The summed E-state index contributed by atoms with van der Waals surface area (Å²) >= 11 is 0. The van der Waals surface area contributed by atoms with Crippen molar-refractivity contribution in [3.63, 3.8) is 0 Å². The number of methoxy groups -OCH3 is 1. The smallest absolute Gasteiger partial charge is 0.324 e. The van der Waals surface area contributed by atoms with Gasteiger partial charge in [-0.3, -0.25) is 4.79 Å². The van der Waals surface area contributed by atoms with Crippen LogP contribution >= 0.6 is 0 Å². The molecule has 1 aliphatic carbocycles. The summed E-state index contributed by atoms with van der Waals surface area (Å²) in [6.45, 7) is 2.21. The van der Waals surface area contributed by atoms with Gasteiger partial charge in [-0.25, -0.2) is 0 Å². The quantitative estimate of drug-likeness (QED) is 0.560. The van der Waals surface area contributed by atoms with E-state index in [-0.39, 0.29) is 5.97 Å². The second-order valence-electron chi connectivity index (χ2n) is 5.59. The Labute approximate surface area is 133 Å². The maximum atomic E-state index is 12.4. The molecule has 2 heteroatoms. The van der Waals surface area contributed by atoms with Gasteiger partial charge in [0.15, 0.2) is 0 Å². The number of ether oxygens (including phenoxy) is 1. The van der Waals surface area contributed by atoms with Crippen LogP contribution in [0.25, 0.3) is 0 Å². The summed E-state index contributed by atoms with van der Waals surface area (Å²) in [5.74, 6) is -0.253. The van der Waals surface area contributed by atoms with Crippen LogP contribution in [-0.4, -0.2) is 13.1 Å². The molecule has 0 aromatic heterocycles. The summed E-state index contributed by atoms with van der Waals surface area (Å²) in [5, 5.41) is 0. The molecule has 22 heavy (non-hydrogen) atoms. The minimum absolute atomic E-state index is 0.253. The first-order chi connectivity index (χ1) is 10.7. The maximum absolute atomic E-state index is 12.4. The van der Waals surface area contributed by atoms with Crippen molar-refractivity contribution in [2.45, 2.75) is 38.0 Å². The van der Waals surface area contributed by atoms with E-state index in [1.807, 2.05) is 54.6 Å². The van der Waals surface area contributed by atoms with Gasteiger partial charge >= 0.3 is 5.97 Å². The second kappa shape index (κ2) is 7.79. The highest BCUT2D eigenvalue weighted by atomic mass is 16.5. The van der Waals surface area contributed by atoms with Crippen LogP contribution in [0, 0.1) is 0 Å². The number of carbonyl (C=O) groups excluding carboxylic acids is 1. The molecule has 1 aliphatic rings. The lowest BCUT2D eigenvalue weighted by Gasteiger charge is -2.27. The van der Waals surface area contributed by atoms with Crippen LogP contribution in [0.4, 0.5) is 0 Å². The van der Waals surface area contributed by atoms with Gasteiger partial charge in [0.2, 0.25) is 0 Å². The summed E-state index contributed by atoms with van der Waals surface area (Å²) in [7, 11) is 1.44. The Bertz CT molecular complexity index is 563. The number of hydrogen-bond donors (Lipinski definition) is 0. The highest BCUT2D eigenvalue weighted by molar-refractivity contribution is 5.89. The Morgan fingerprint density at radius 3 is 2.41 bits per heavy atom. The van der Waals surface area contributed by atoms with Crippen LogP contribution in [0.15, 0.2) is 66.3 Å². The number of carbonyl (C=O) groups is 1. The molecule has 0 saturated carbocycles. The van der Waals surface area contributed by atoms with E-state index in [1.54, 1.807) is 0 Å². The van der Waals surface area contributed by atoms with E-state index in [1.165, 1.54) is 26.4 Å². The third-order valence-electron chi connectivity index (χ3n) is 4.04. The number of esters is 1. The van der Waals surface area contributed by atoms with Gasteiger partial charge in [-0.05, 0) is 24.0 Å². The van der Waals surface area contributed by atoms with Crippen molar-refractivity contribution < 1.29 is 9.53 Å². The Hall–Kier alpha value is -2.09. The van der Waals surface area contributed by atoms with Crippen molar-refractivity contribution >= 4 is 5.97 Å². The Morgan fingerprint density at radius 1 is 1.14 bits per heavy atom. The van der Waals surface area contributed by atoms with E-state index in [4.69, 9.17) is 4.74 Å². The van der Waals surface area contributed by atoms with Crippen molar-refractivity contribution in [2.24, 2.45) is 0 Å². The number of rotatable bonds is 6. The van der Waals surface area contributed by atoms with Crippen molar-refractivity contribution in [1.82, 2.24) is 0 Å². The van der Waals surface area contributed by atoms with Crippen LogP contribution < -0.4 is 0 Å². The average molecular weight is 296 g/mol. The first kappa shape index (κ1) is 16.3. The van der Waals surface area contributed by atoms with Gasteiger partial charge in [0, 0.05) is 0 Å². The zero-order valence-corrected chi connectivity index (χ0v) is 13.4. The van der Waals surface area contributed by atoms with Gasteiger partial charge < -0.3 is 4.74 Å². The molecule has 0 saturated heterocycles. The van der Waals surface area contributed by atoms with E-state index in [2.05, 4.69) is 13.0 Å². The van der Waals surface area contributed by atoms with E-state index >= 15 is 0 Å². The zero-order chi connectivity index (χ0) is 15.8. The number of hydrogen-bond acceptors (Lipinski definition) is 2. The van der Waals surface area contributed by atoms with Gasteiger partial charge in [0.1, 0.15) is 5.41 Å². The van der Waals surface area contributed by atoms with Crippen LogP contribution in [0.5, 0.6) is 0 Å². The second-order valence-corrected chi connectivity index (χ2v) is 5.59. The molecule has 0 fully saturated rings. The summed E-state index contributed by atoms with van der Waals surface area (Å²) in [4.78, 5) is 12.4. The fourth-order valence-corrected chi connectivity index (χ4v) is 2.69. The largest absolute Gasteiger partial charge is 0.468 e. The van der Waals surface area contributed by atoms with Gasteiger partial charge in [-0.2, -0.15) is 0 Å². The predicted octanol–water partition coefficient (Wildman–Crippen LogP) is 4.73. The van der Waals surface area contributed by atoms with E-state index in [9.17, 15) is 4.79 Å². The molecule has 1 aromatic carbocycles. The number of benzene rings is 1. The standard InChI is InChI=1S/C20H24O2/c1-3-4-5-7-10-17-13-15-20(16-14-17,19(21)22-2)18-11-8-6-9-12-18/h6,8-16H,3-5,7H2,1-2H3. The molecule has 0 radical (unpaired) electrons. The summed E-state index contributed by atoms with van der Waals surface area (Å²) in [6, 6.07) is 9.75. The third kappa shape index (κ3) is 3.56. The fourth-order valence-electron chi connectivity index (χ4n) is 2.69. The van der Waals surface area contributed by atoms with Gasteiger partial charge in [-0.15, -0.1) is 0 Å². The Balaban J connectivity index is 2.22. The van der Waals surface area contributed by atoms with Crippen LogP contribution in [0.3, 0.4) is 0 Å². The van der Waals surface area contributed by atoms with Gasteiger partial charge in [0.25, 0.3) is 0 Å². The average Bonchev–Trinajstić information content (AvgIpc) is 2.59. The topological polar surface area (TPSA) is 26.3 Å². The molecule has 2 nitrogen and oxygen atoms in total. The molecule has 2 rings (SSSR count). The number of allylic oxidation sites excluding steroid dienone is 4. The molecule has 116 valence electrons. The third-order valence-corrected chi connectivity index (χ3v) is 4.04. The molecule has 0 bridgehead atoms. The monoisotopic (exact) mass is 296 g/mol. The summed E-state index contributed by atoms with van der Waals surface area (Å²) in [5.41, 5.74) is 1.28.